The summed E-state index contributed by atoms with van der Waals surface area (Å²) in [4.78, 5) is 0. The summed E-state index contributed by atoms with van der Waals surface area (Å²) in [5, 5.41) is 7.44. The zero-order valence-corrected chi connectivity index (χ0v) is 5.52. The summed E-state index contributed by atoms with van der Waals surface area (Å²) < 4.78 is 0. The SMILES string of the molecule is [CH-]=CC#N.[Y+3]. The van der Waals surface area contributed by atoms with E-state index in [1.54, 1.807) is 6.07 Å². The third-order valence-corrected chi connectivity index (χ3v) is 0.0745. The average Bonchev–Trinajstić information content (AvgIpc) is 1.37. The summed E-state index contributed by atoms with van der Waals surface area (Å²) in [6, 6.07) is 1.58. The Hall–Kier alpha value is 0.334. The Labute approximate surface area is 56.6 Å². The van der Waals surface area contributed by atoms with E-state index in [1.165, 1.54) is 0 Å². The minimum Gasteiger partial charge on any atom is -0.329 e. The summed E-state index contributed by atoms with van der Waals surface area (Å²) in [6.07, 6.45) is 0.931. The molecule has 0 aliphatic carbocycles. The maximum absolute atomic E-state index is 7.44. The van der Waals surface area contributed by atoms with Crippen LogP contribution >= 0.6 is 0 Å². The van der Waals surface area contributed by atoms with Gasteiger partial charge in [-0.3, -0.25) is 6.58 Å². The van der Waals surface area contributed by atoms with Crippen LogP contribution in [0.1, 0.15) is 0 Å². The standard InChI is InChI=1S/C3H2N.Y/c1-2-3-4;/h1-2H;/q-1;+3. The van der Waals surface area contributed by atoms with Crippen molar-refractivity contribution >= 4 is 0 Å². The second-order valence-corrected chi connectivity index (χ2v) is 0.296. The van der Waals surface area contributed by atoms with Crippen molar-refractivity contribution in [2.24, 2.45) is 0 Å². The van der Waals surface area contributed by atoms with Gasteiger partial charge in [-0.15, -0.1) is 6.07 Å². The molecule has 0 saturated heterocycles. The predicted molar refractivity (Wildman–Crippen MR) is 14.5 cm³/mol. The van der Waals surface area contributed by atoms with Crippen LogP contribution in [-0.4, -0.2) is 0 Å². The van der Waals surface area contributed by atoms with Gasteiger partial charge in [-0.1, -0.05) is 0 Å². The number of hydrogen-bond acceptors (Lipinski definition) is 1. The van der Waals surface area contributed by atoms with Crippen molar-refractivity contribution in [3.63, 3.8) is 0 Å². The van der Waals surface area contributed by atoms with E-state index in [2.05, 4.69) is 6.58 Å². The Morgan fingerprint density at radius 1 is 1.80 bits per heavy atom. The molecule has 0 atom stereocenters. The molecule has 0 aromatic carbocycles. The van der Waals surface area contributed by atoms with Gasteiger partial charge in [-0.25, -0.2) is 0 Å². The summed E-state index contributed by atoms with van der Waals surface area (Å²) >= 11 is 0. The van der Waals surface area contributed by atoms with E-state index in [-0.39, 0.29) is 32.7 Å². The summed E-state index contributed by atoms with van der Waals surface area (Å²) in [5.41, 5.74) is 0. The monoisotopic (exact) mass is 141 g/mol. The minimum atomic E-state index is 0. The van der Waals surface area contributed by atoms with Crippen molar-refractivity contribution < 1.29 is 32.7 Å². The number of allylic oxidation sites excluding steroid dienone is 1. The fourth-order valence-electron chi connectivity index (χ4n) is 0. The Morgan fingerprint density at radius 3 is 2.00 bits per heavy atom. The van der Waals surface area contributed by atoms with Crippen molar-refractivity contribution in [1.29, 1.82) is 5.26 Å². The summed E-state index contributed by atoms with van der Waals surface area (Å²) in [5.74, 6) is 0. The van der Waals surface area contributed by atoms with Gasteiger partial charge in [0.15, 0.2) is 0 Å². The molecular formula is C3H2NY+2. The van der Waals surface area contributed by atoms with E-state index in [9.17, 15) is 0 Å². The molecule has 0 unspecified atom stereocenters. The molecule has 0 N–H and O–H groups in total. The molecule has 0 heterocycles. The maximum atomic E-state index is 7.44. The molecule has 2 heteroatoms. The predicted octanol–water partition coefficient (Wildman–Crippen LogP) is 0.497. The molecule has 5 heavy (non-hydrogen) atoms. The van der Waals surface area contributed by atoms with Crippen LogP contribution in [0.2, 0.25) is 0 Å². The van der Waals surface area contributed by atoms with Gasteiger partial charge in [-0.2, -0.15) is 6.08 Å². The van der Waals surface area contributed by atoms with Gasteiger partial charge in [0.25, 0.3) is 0 Å². The molecule has 1 nitrogen and oxygen atoms in total. The second-order valence-electron chi connectivity index (χ2n) is 0.296. The van der Waals surface area contributed by atoms with E-state index in [0.717, 1.165) is 6.08 Å². The van der Waals surface area contributed by atoms with E-state index in [4.69, 9.17) is 5.26 Å². The van der Waals surface area contributed by atoms with Crippen LogP contribution in [-0.2, 0) is 32.7 Å². The first-order chi connectivity index (χ1) is 1.91. The first-order valence-electron chi connectivity index (χ1n) is 0.846. The fraction of sp³-hybridized carbons (Fsp3) is 0. The first-order valence-corrected chi connectivity index (χ1v) is 0.846. The molecule has 0 bridgehead atoms. The van der Waals surface area contributed by atoms with E-state index in [0.29, 0.717) is 0 Å². The van der Waals surface area contributed by atoms with Crippen LogP contribution in [0, 0.1) is 17.9 Å². The molecule has 0 aromatic rings. The number of nitrogens with zero attached hydrogens (tertiary/aromatic N) is 1. The zero-order chi connectivity index (χ0) is 3.41. The van der Waals surface area contributed by atoms with Gasteiger partial charge < -0.3 is 5.26 Å². The van der Waals surface area contributed by atoms with Crippen LogP contribution in [0.25, 0.3) is 0 Å². The Balaban J connectivity index is 0. The molecule has 20 valence electrons. The molecule has 0 aromatic heterocycles. The van der Waals surface area contributed by atoms with E-state index < -0.39 is 0 Å². The van der Waals surface area contributed by atoms with Crippen molar-refractivity contribution in [2.75, 3.05) is 0 Å². The third-order valence-electron chi connectivity index (χ3n) is 0.0745. The average molecular weight is 141 g/mol. The van der Waals surface area contributed by atoms with Gasteiger partial charge >= 0.3 is 32.7 Å². The van der Waals surface area contributed by atoms with Crippen molar-refractivity contribution in [3.05, 3.63) is 12.7 Å². The van der Waals surface area contributed by atoms with Crippen molar-refractivity contribution in [1.82, 2.24) is 0 Å². The van der Waals surface area contributed by atoms with Gasteiger partial charge in [0, 0.05) is 0 Å². The van der Waals surface area contributed by atoms with Gasteiger partial charge in [0.1, 0.15) is 0 Å². The number of rotatable bonds is 0. The molecule has 0 amide bonds. The quantitative estimate of drug-likeness (QED) is 0.355. The largest absolute Gasteiger partial charge is 3.00 e. The summed E-state index contributed by atoms with van der Waals surface area (Å²) in [6.45, 7) is 4.54. The number of hydrogen-bond donors (Lipinski definition) is 0. The molecule has 0 aliphatic rings. The topological polar surface area (TPSA) is 23.8 Å². The maximum Gasteiger partial charge on any atom is 3.00 e. The molecule has 0 spiro atoms. The molecule has 0 saturated carbocycles. The molecule has 0 aliphatic heterocycles. The molecular weight excluding hydrogens is 139 g/mol. The Kier molecular flexibility index (Phi) is 15.9. The normalized spacial score (nSPS) is 3.00. The Bertz CT molecular complexity index is 52.4. The van der Waals surface area contributed by atoms with Crippen LogP contribution < -0.4 is 0 Å². The van der Waals surface area contributed by atoms with Gasteiger partial charge in [0.2, 0.25) is 0 Å². The van der Waals surface area contributed by atoms with Crippen LogP contribution in [0.4, 0.5) is 0 Å². The fourth-order valence-corrected chi connectivity index (χ4v) is 0. The molecule has 0 radical (unpaired) electrons. The van der Waals surface area contributed by atoms with E-state index in [1.807, 2.05) is 0 Å². The van der Waals surface area contributed by atoms with Crippen molar-refractivity contribution in [2.45, 2.75) is 0 Å². The first kappa shape index (κ1) is 9.01. The van der Waals surface area contributed by atoms with Crippen LogP contribution in [0.5, 0.6) is 0 Å². The van der Waals surface area contributed by atoms with Gasteiger partial charge in [-0.05, 0) is 0 Å². The van der Waals surface area contributed by atoms with Crippen molar-refractivity contribution in [3.8, 4) is 6.07 Å². The smallest absolute Gasteiger partial charge is 0.329 e. The minimum absolute atomic E-state index is 0. The third kappa shape index (κ3) is 13.3. The van der Waals surface area contributed by atoms with Crippen LogP contribution in [0.3, 0.4) is 0 Å². The number of nitriles is 1. The zero-order valence-electron chi connectivity index (χ0n) is 2.68. The Morgan fingerprint density at radius 2 is 2.00 bits per heavy atom. The van der Waals surface area contributed by atoms with E-state index >= 15 is 0 Å². The van der Waals surface area contributed by atoms with Gasteiger partial charge in [0.05, 0.1) is 0 Å². The second kappa shape index (κ2) is 8.84. The summed E-state index contributed by atoms with van der Waals surface area (Å²) in [7, 11) is 0. The van der Waals surface area contributed by atoms with Crippen LogP contribution in [0.15, 0.2) is 6.08 Å². The molecule has 0 rings (SSSR count). The molecule has 0 fully saturated rings.